The molecule has 19 nitrogen and oxygen atoms in total. The Morgan fingerprint density at radius 3 is 1.66 bits per heavy atom. The number of likely N-dealkylation sites (tertiary alicyclic amines) is 2. The van der Waals surface area contributed by atoms with Crippen LogP contribution in [0.2, 0.25) is 0 Å². The zero-order chi connectivity index (χ0) is 55.3. The number of nitrogens with zero attached hydrogens (tertiary/aromatic N) is 5. The summed E-state index contributed by atoms with van der Waals surface area (Å²) in [5.74, 6) is -1.65. The van der Waals surface area contributed by atoms with Crippen LogP contribution in [0.4, 0.5) is 0 Å². The van der Waals surface area contributed by atoms with Crippen LogP contribution in [0.15, 0.2) is 72.7 Å². The van der Waals surface area contributed by atoms with E-state index in [9.17, 15) is 28.8 Å². The molecular weight excluding hydrogens is 977 g/mol. The standard InChI is InChI=1S/C58H84N12O7/c1-35(59-9)51(71)65-49(57(3,4)5)55(75)67-31-41(25-47(67)53(73)63-45-23-15-19-39-17-11-13-21-43(39)45)69-29-37(27-61-69)33-77-34-38-28-62-70(30-38)42-26-48(54(74)64-46-24-16-20-40-18-12-14-22-44(40)46)68(32-42)56(76)50(58(6,7)8)66-52(72)36(2)60-10/h11-14,17-18,21-22,27,29-30,35-36,41-42,45-50,59-60,62H,15-16,19-20,23-26,28,31-34H2,1-10H3,(H,63,73)(H,64,74)(H,65,71)(H,66,72)/t35-,36-,41-,42-,45+,46+,47-,48-,49+,50+/m0/s1. The molecule has 418 valence electrons. The van der Waals surface area contributed by atoms with Gasteiger partial charge in [-0.05, 0) is 105 Å². The second-order valence-electron chi connectivity index (χ2n) is 24.1. The smallest absolute Gasteiger partial charge is 0.246 e. The van der Waals surface area contributed by atoms with E-state index in [2.05, 4.69) is 61.6 Å². The lowest BCUT2D eigenvalue weighted by atomic mass is 9.85. The van der Waals surface area contributed by atoms with Gasteiger partial charge in [-0.2, -0.15) is 5.10 Å². The normalized spacial score (nSPS) is 24.0. The lowest BCUT2D eigenvalue weighted by Gasteiger charge is -2.36. The van der Waals surface area contributed by atoms with E-state index in [0.717, 1.165) is 60.8 Å². The minimum Gasteiger partial charge on any atom is -0.372 e. The first-order valence-electron chi connectivity index (χ1n) is 27.8. The van der Waals surface area contributed by atoms with Crippen molar-refractivity contribution in [2.45, 2.75) is 174 Å². The predicted octanol–water partition coefficient (Wildman–Crippen LogP) is 3.88. The summed E-state index contributed by atoms with van der Waals surface area (Å²) in [5.41, 5.74) is 8.63. The van der Waals surface area contributed by atoms with Crippen molar-refractivity contribution in [1.82, 2.24) is 61.9 Å². The van der Waals surface area contributed by atoms with Crippen LogP contribution in [0.25, 0.3) is 0 Å². The van der Waals surface area contributed by atoms with Crippen molar-refractivity contribution >= 4 is 35.4 Å². The van der Waals surface area contributed by atoms with Crippen LogP contribution in [-0.2, 0) is 53.0 Å². The summed E-state index contributed by atoms with van der Waals surface area (Å²) in [7, 11) is 3.39. The highest BCUT2D eigenvalue weighted by Crippen LogP contribution is 2.36. The number of carbonyl (C=O) groups is 6. The Morgan fingerprint density at radius 1 is 0.688 bits per heavy atom. The fourth-order valence-corrected chi connectivity index (χ4v) is 11.5. The third-order valence-electron chi connectivity index (χ3n) is 16.3. The van der Waals surface area contributed by atoms with Crippen LogP contribution in [0, 0.1) is 10.8 Å². The van der Waals surface area contributed by atoms with Crippen molar-refractivity contribution in [3.05, 3.63) is 101 Å². The molecule has 77 heavy (non-hydrogen) atoms. The van der Waals surface area contributed by atoms with Gasteiger partial charge < -0.3 is 51.4 Å². The summed E-state index contributed by atoms with van der Waals surface area (Å²) in [4.78, 5) is 88.2. The molecule has 3 aromatic rings. The van der Waals surface area contributed by atoms with Crippen molar-refractivity contribution in [1.29, 1.82) is 0 Å². The molecule has 5 aliphatic rings. The predicted molar refractivity (Wildman–Crippen MR) is 293 cm³/mol. The van der Waals surface area contributed by atoms with Gasteiger partial charge in [-0.1, -0.05) is 90.1 Å². The van der Waals surface area contributed by atoms with Gasteiger partial charge in [0.1, 0.15) is 24.2 Å². The molecule has 0 spiro atoms. The molecule has 3 aliphatic heterocycles. The molecule has 0 radical (unpaired) electrons. The van der Waals surface area contributed by atoms with Gasteiger partial charge in [0, 0.05) is 50.4 Å². The average molecular weight is 1060 g/mol. The topological polar surface area (TPSA) is 223 Å². The summed E-state index contributed by atoms with van der Waals surface area (Å²) in [6, 6.07) is 11.1. The minimum absolute atomic E-state index is 0.163. The maximum Gasteiger partial charge on any atom is 0.246 e. The number of likely N-dealkylation sites (N-methyl/N-ethyl adjacent to an activating group) is 2. The molecule has 2 aromatic carbocycles. The number of fused-ring (bicyclic) bond motifs is 2. The summed E-state index contributed by atoms with van der Waals surface area (Å²) in [5, 5.41) is 25.2. The fraction of sp³-hybridized carbons (Fsp3) is 0.603. The Hall–Kier alpha value is -6.15. The summed E-state index contributed by atoms with van der Waals surface area (Å²) in [6.07, 6.45) is 11.8. The van der Waals surface area contributed by atoms with Crippen LogP contribution < -0.4 is 37.3 Å². The van der Waals surface area contributed by atoms with E-state index >= 15 is 0 Å². The molecule has 6 amide bonds. The number of rotatable bonds is 18. The van der Waals surface area contributed by atoms with Gasteiger partial charge in [-0.25, -0.2) is 5.43 Å². The van der Waals surface area contributed by atoms with E-state index in [1.165, 1.54) is 11.1 Å². The van der Waals surface area contributed by atoms with Crippen molar-refractivity contribution in [2.75, 3.05) is 40.3 Å². The number of hydrogen-bond donors (Lipinski definition) is 7. The van der Waals surface area contributed by atoms with E-state index in [0.29, 0.717) is 26.0 Å². The Kier molecular flexibility index (Phi) is 18.0. The van der Waals surface area contributed by atoms with Crippen LogP contribution >= 0.6 is 0 Å². The highest BCUT2D eigenvalue weighted by Gasteiger charge is 2.49. The Balaban J connectivity index is 0.939. The first kappa shape index (κ1) is 57.0. The largest absolute Gasteiger partial charge is 0.372 e. The number of amides is 6. The molecule has 10 atom stereocenters. The van der Waals surface area contributed by atoms with Crippen molar-refractivity contribution < 1.29 is 33.5 Å². The van der Waals surface area contributed by atoms with Crippen LogP contribution in [0.3, 0.4) is 0 Å². The number of aryl methyl sites for hydroxylation is 2. The zero-order valence-electron chi connectivity index (χ0n) is 46.9. The molecular formula is C58H84N12O7. The Morgan fingerprint density at radius 2 is 1.17 bits per heavy atom. The van der Waals surface area contributed by atoms with Gasteiger partial charge in [-0.3, -0.25) is 33.4 Å². The van der Waals surface area contributed by atoms with Gasteiger partial charge in [0.15, 0.2) is 0 Å². The van der Waals surface area contributed by atoms with Gasteiger partial charge in [0.25, 0.3) is 0 Å². The third kappa shape index (κ3) is 13.2. The quantitative estimate of drug-likeness (QED) is 0.0965. The summed E-state index contributed by atoms with van der Waals surface area (Å²) >= 11 is 0. The van der Waals surface area contributed by atoms with Gasteiger partial charge in [-0.15, -0.1) is 0 Å². The fourth-order valence-electron chi connectivity index (χ4n) is 11.5. The van der Waals surface area contributed by atoms with E-state index in [-0.39, 0.29) is 79.3 Å². The highest BCUT2D eigenvalue weighted by atomic mass is 16.5. The molecule has 19 heteroatoms. The molecule has 2 fully saturated rings. The van der Waals surface area contributed by atoms with E-state index < -0.39 is 47.1 Å². The molecule has 0 saturated carbocycles. The number of ether oxygens (including phenoxy) is 1. The maximum atomic E-state index is 14.7. The van der Waals surface area contributed by atoms with E-state index in [4.69, 9.17) is 9.84 Å². The minimum atomic E-state index is -0.888. The maximum absolute atomic E-state index is 14.7. The summed E-state index contributed by atoms with van der Waals surface area (Å²) < 4.78 is 8.10. The first-order chi connectivity index (χ1) is 36.6. The van der Waals surface area contributed by atoms with Crippen molar-refractivity contribution in [3.8, 4) is 0 Å². The third-order valence-corrected chi connectivity index (χ3v) is 16.3. The number of carbonyl (C=O) groups excluding carboxylic acids is 6. The van der Waals surface area contributed by atoms with E-state index in [1.807, 2.05) is 87.9 Å². The molecule has 1 aromatic heterocycles. The van der Waals surface area contributed by atoms with Crippen LogP contribution in [0.1, 0.15) is 140 Å². The Labute approximate surface area is 454 Å². The monoisotopic (exact) mass is 1060 g/mol. The average Bonchev–Trinajstić information content (AvgIpc) is 4.33. The Bertz CT molecular complexity index is 2660. The van der Waals surface area contributed by atoms with Crippen LogP contribution in [0.5, 0.6) is 0 Å². The van der Waals surface area contributed by atoms with Gasteiger partial charge in [0.05, 0.1) is 55.7 Å². The molecule has 0 bridgehead atoms. The van der Waals surface area contributed by atoms with Gasteiger partial charge >= 0.3 is 0 Å². The number of benzene rings is 2. The van der Waals surface area contributed by atoms with Crippen LogP contribution in [-0.4, -0.2) is 143 Å². The lowest BCUT2D eigenvalue weighted by molar-refractivity contribution is -0.144. The summed E-state index contributed by atoms with van der Waals surface area (Å²) in [6.45, 7) is 16.5. The molecule has 2 aliphatic carbocycles. The van der Waals surface area contributed by atoms with E-state index in [1.54, 1.807) is 43.9 Å². The number of hydrogen-bond acceptors (Lipinski definition) is 12. The number of nitrogens with one attached hydrogen (secondary N) is 7. The molecule has 0 unspecified atom stereocenters. The molecule has 8 rings (SSSR count). The number of aromatic nitrogens is 2. The number of hydrazine groups is 1. The lowest BCUT2D eigenvalue weighted by Crippen LogP contribution is -2.59. The highest BCUT2D eigenvalue weighted by molar-refractivity contribution is 5.95. The van der Waals surface area contributed by atoms with Crippen molar-refractivity contribution in [2.24, 2.45) is 10.8 Å². The molecule has 4 heterocycles. The second-order valence-corrected chi connectivity index (χ2v) is 24.1. The molecule has 2 saturated heterocycles. The van der Waals surface area contributed by atoms with Gasteiger partial charge in [0.2, 0.25) is 35.4 Å². The zero-order valence-corrected chi connectivity index (χ0v) is 46.9. The SMILES string of the molecule is CN[C@@H](C)C(=O)N[C@H](C(=O)N1C[C@@H](N2C=C(COCc3cnn([C@H]4C[C@@H](C(=O)N[C@@H]5CCCc6ccccc65)N(C(=O)[C@@H](NC(=O)[C@H](C)NC)C(C)(C)C)C4)c3)CN2)C[C@H]1C(=O)N[C@@H]1CCCc2ccccc21)C(C)(C)C. The second kappa shape index (κ2) is 24.3. The molecule has 7 N–H and O–H groups in total. The first-order valence-corrected chi connectivity index (χ1v) is 27.8. The van der Waals surface area contributed by atoms with Crippen molar-refractivity contribution in [3.63, 3.8) is 0 Å².